The summed E-state index contributed by atoms with van der Waals surface area (Å²) in [6.07, 6.45) is 2.12. The molecule has 2 aliphatic heterocycles. The number of likely N-dealkylation sites (tertiary alicyclic amines) is 1. The van der Waals surface area contributed by atoms with Crippen molar-refractivity contribution >= 4 is 5.96 Å². The number of morpholine rings is 1. The van der Waals surface area contributed by atoms with Crippen LogP contribution >= 0.6 is 0 Å². The van der Waals surface area contributed by atoms with E-state index < -0.39 is 0 Å². The highest BCUT2D eigenvalue weighted by Crippen LogP contribution is 2.18. The smallest absolute Gasteiger partial charge is 0.193 e. The first-order chi connectivity index (χ1) is 13.3. The number of nitrogens with one attached hydrogen (secondary N) is 1. The molecular weight excluding hydrogens is 344 g/mol. The van der Waals surface area contributed by atoms with Crippen LogP contribution in [0.15, 0.2) is 29.3 Å². The number of rotatable bonds is 7. The van der Waals surface area contributed by atoms with Crippen LogP contribution in [0.4, 0.5) is 0 Å². The molecule has 0 spiro atoms. The molecule has 1 unspecified atom stereocenters. The Morgan fingerprint density at radius 3 is 2.63 bits per heavy atom. The zero-order valence-electron chi connectivity index (χ0n) is 16.5. The number of methoxy groups -OCH3 is 1. The number of benzene rings is 1. The first-order valence-electron chi connectivity index (χ1n) is 9.84. The Hall–Kier alpha value is -1.99. The van der Waals surface area contributed by atoms with E-state index in [0.29, 0.717) is 12.6 Å². The summed E-state index contributed by atoms with van der Waals surface area (Å²) >= 11 is 0. The van der Waals surface area contributed by atoms with Crippen molar-refractivity contribution in [1.82, 2.24) is 15.1 Å². The van der Waals surface area contributed by atoms with Gasteiger partial charge in [-0.1, -0.05) is 0 Å². The zero-order valence-corrected chi connectivity index (χ0v) is 16.5. The van der Waals surface area contributed by atoms with E-state index in [1.165, 1.54) is 6.42 Å². The standard InChI is InChI=1S/C20H32N4O3/c1-21-20(24-10-8-17(16-24)23-11-14-26-15-12-23)22-9-3-13-27-19-6-4-18(25-2)5-7-19/h4-7,17H,3,8-16H2,1-2H3,(H,21,22). The molecule has 0 radical (unpaired) electrons. The SMILES string of the molecule is CN=C(NCCCOc1ccc(OC)cc1)N1CCC(N2CCOCC2)C1. The molecule has 1 aromatic rings. The van der Waals surface area contributed by atoms with E-state index in [0.717, 1.165) is 69.8 Å². The monoisotopic (exact) mass is 376 g/mol. The minimum Gasteiger partial charge on any atom is -0.497 e. The Labute approximate surface area is 162 Å². The number of hydrogen-bond donors (Lipinski definition) is 1. The molecule has 7 nitrogen and oxygen atoms in total. The maximum atomic E-state index is 5.78. The summed E-state index contributed by atoms with van der Waals surface area (Å²) in [4.78, 5) is 9.38. The second-order valence-electron chi connectivity index (χ2n) is 6.89. The molecule has 1 aromatic carbocycles. The zero-order chi connectivity index (χ0) is 18.9. The van der Waals surface area contributed by atoms with E-state index in [1.54, 1.807) is 7.11 Å². The van der Waals surface area contributed by atoms with Crippen molar-refractivity contribution < 1.29 is 14.2 Å². The molecule has 3 rings (SSSR count). The minimum atomic E-state index is 0.617. The Balaban J connectivity index is 1.34. The second-order valence-corrected chi connectivity index (χ2v) is 6.89. The van der Waals surface area contributed by atoms with E-state index in [9.17, 15) is 0 Å². The van der Waals surface area contributed by atoms with Gasteiger partial charge in [0, 0.05) is 45.8 Å². The van der Waals surface area contributed by atoms with Crippen molar-refractivity contribution in [3.63, 3.8) is 0 Å². The first kappa shape index (κ1) is 19.8. The van der Waals surface area contributed by atoms with Crippen LogP contribution in [0, 0.1) is 0 Å². The molecule has 0 saturated carbocycles. The van der Waals surface area contributed by atoms with Crippen molar-refractivity contribution in [3.8, 4) is 11.5 Å². The van der Waals surface area contributed by atoms with Gasteiger partial charge in [0.05, 0.1) is 26.9 Å². The second kappa shape index (κ2) is 10.4. The van der Waals surface area contributed by atoms with E-state index in [-0.39, 0.29) is 0 Å². The molecule has 2 fully saturated rings. The predicted molar refractivity (Wildman–Crippen MR) is 107 cm³/mol. The molecular formula is C20H32N4O3. The quantitative estimate of drug-likeness (QED) is 0.442. The van der Waals surface area contributed by atoms with Gasteiger partial charge < -0.3 is 24.4 Å². The van der Waals surface area contributed by atoms with Crippen molar-refractivity contribution in [2.75, 3.05) is 66.7 Å². The summed E-state index contributed by atoms with van der Waals surface area (Å²) in [5.74, 6) is 2.71. The fraction of sp³-hybridized carbons (Fsp3) is 0.650. The van der Waals surface area contributed by atoms with E-state index in [4.69, 9.17) is 14.2 Å². The average molecular weight is 377 g/mol. The number of aliphatic imine (C=N–C) groups is 1. The van der Waals surface area contributed by atoms with Crippen molar-refractivity contribution in [2.45, 2.75) is 18.9 Å². The van der Waals surface area contributed by atoms with Crippen LogP contribution in [0.1, 0.15) is 12.8 Å². The third kappa shape index (κ3) is 5.74. The Morgan fingerprint density at radius 1 is 1.19 bits per heavy atom. The third-order valence-corrected chi connectivity index (χ3v) is 5.17. The number of ether oxygens (including phenoxy) is 3. The van der Waals surface area contributed by atoms with Crippen LogP contribution in [-0.4, -0.2) is 88.5 Å². The maximum Gasteiger partial charge on any atom is 0.193 e. The number of nitrogens with zero attached hydrogens (tertiary/aromatic N) is 3. The minimum absolute atomic E-state index is 0.617. The summed E-state index contributed by atoms with van der Waals surface area (Å²) in [7, 11) is 3.52. The molecule has 27 heavy (non-hydrogen) atoms. The third-order valence-electron chi connectivity index (χ3n) is 5.17. The lowest BCUT2D eigenvalue weighted by Crippen LogP contribution is -2.46. The van der Waals surface area contributed by atoms with Gasteiger partial charge in [0.15, 0.2) is 5.96 Å². The molecule has 1 atom stereocenters. The van der Waals surface area contributed by atoms with Crippen molar-refractivity contribution in [2.24, 2.45) is 4.99 Å². The number of hydrogen-bond acceptors (Lipinski definition) is 5. The average Bonchev–Trinajstić information content (AvgIpc) is 3.22. The normalized spacial score (nSPS) is 21.3. The molecule has 0 aliphatic carbocycles. The van der Waals surface area contributed by atoms with Crippen LogP contribution in [0.3, 0.4) is 0 Å². The topological polar surface area (TPSA) is 58.6 Å². The summed E-state index contributed by atoms with van der Waals surface area (Å²) in [6.45, 7) is 7.44. The lowest BCUT2D eigenvalue weighted by Gasteiger charge is -2.32. The molecule has 1 N–H and O–H groups in total. The highest BCUT2D eigenvalue weighted by Gasteiger charge is 2.30. The van der Waals surface area contributed by atoms with E-state index in [1.807, 2.05) is 31.3 Å². The van der Waals surface area contributed by atoms with Gasteiger partial charge in [-0.3, -0.25) is 9.89 Å². The van der Waals surface area contributed by atoms with Crippen LogP contribution in [-0.2, 0) is 4.74 Å². The molecule has 0 bridgehead atoms. The summed E-state index contributed by atoms with van der Waals surface area (Å²) in [5.41, 5.74) is 0. The van der Waals surface area contributed by atoms with Gasteiger partial charge in [-0.25, -0.2) is 0 Å². The molecule has 150 valence electrons. The molecule has 0 aromatic heterocycles. The van der Waals surface area contributed by atoms with Crippen LogP contribution in [0.2, 0.25) is 0 Å². The van der Waals surface area contributed by atoms with Crippen molar-refractivity contribution in [3.05, 3.63) is 24.3 Å². The fourth-order valence-electron chi connectivity index (χ4n) is 3.64. The van der Waals surface area contributed by atoms with Gasteiger partial charge in [0.2, 0.25) is 0 Å². The Bertz CT molecular complexity index is 587. The lowest BCUT2D eigenvalue weighted by molar-refractivity contribution is 0.0195. The summed E-state index contributed by atoms with van der Waals surface area (Å²) < 4.78 is 16.4. The molecule has 2 saturated heterocycles. The highest BCUT2D eigenvalue weighted by atomic mass is 16.5. The highest BCUT2D eigenvalue weighted by molar-refractivity contribution is 5.80. The van der Waals surface area contributed by atoms with Gasteiger partial charge in [0.1, 0.15) is 11.5 Å². The van der Waals surface area contributed by atoms with Gasteiger partial charge in [-0.15, -0.1) is 0 Å². The summed E-state index contributed by atoms with van der Waals surface area (Å²) in [5, 5.41) is 3.47. The van der Waals surface area contributed by atoms with E-state index in [2.05, 4.69) is 20.1 Å². The predicted octanol–water partition coefficient (Wildman–Crippen LogP) is 1.45. The van der Waals surface area contributed by atoms with Crippen LogP contribution in [0.25, 0.3) is 0 Å². The molecule has 2 heterocycles. The maximum absolute atomic E-state index is 5.78. The molecule has 7 heteroatoms. The molecule has 0 amide bonds. The van der Waals surface area contributed by atoms with Gasteiger partial charge in [-0.2, -0.15) is 0 Å². The van der Waals surface area contributed by atoms with Crippen molar-refractivity contribution in [1.29, 1.82) is 0 Å². The van der Waals surface area contributed by atoms with Crippen LogP contribution in [0.5, 0.6) is 11.5 Å². The Kier molecular flexibility index (Phi) is 7.59. The van der Waals surface area contributed by atoms with Gasteiger partial charge >= 0.3 is 0 Å². The molecule has 2 aliphatic rings. The van der Waals surface area contributed by atoms with E-state index >= 15 is 0 Å². The summed E-state index contributed by atoms with van der Waals surface area (Å²) in [6, 6.07) is 8.30. The fourth-order valence-corrected chi connectivity index (χ4v) is 3.64. The van der Waals surface area contributed by atoms with Gasteiger partial charge in [0.25, 0.3) is 0 Å². The lowest BCUT2D eigenvalue weighted by atomic mass is 10.2. The van der Waals surface area contributed by atoms with Gasteiger partial charge in [-0.05, 0) is 37.1 Å². The largest absolute Gasteiger partial charge is 0.497 e. The van der Waals surface area contributed by atoms with Crippen LogP contribution < -0.4 is 14.8 Å². The first-order valence-corrected chi connectivity index (χ1v) is 9.84. The number of guanidine groups is 1. The Morgan fingerprint density at radius 2 is 1.93 bits per heavy atom.